The van der Waals surface area contributed by atoms with Crippen molar-refractivity contribution in [3.8, 4) is 0 Å². The standard InChI is InChI=1S/C16H18FN3O/c17-14-4-2-1-3-13(14)5-6-16(21)20-10-8-12-7-9-19-15(18)11-12/h1-4,7,9,11H,5-6,8,10H2,(H2,18,19)(H,20,21). The van der Waals surface area contributed by atoms with E-state index in [1.807, 2.05) is 6.07 Å². The number of nitrogens with zero attached hydrogens (tertiary/aromatic N) is 1. The molecule has 0 bridgehead atoms. The molecule has 2 aromatic rings. The number of hydrogen-bond donors (Lipinski definition) is 2. The fourth-order valence-corrected chi connectivity index (χ4v) is 2.03. The van der Waals surface area contributed by atoms with Crippen LogP contribution in [0.4, 0.5) is 10.2 Å². The minimum Gasteiger partial charge on any atom is -0.384 e. The zero-order valence-electron chi connectivity index (χ0n) is 11.7. The molecule has 1 aromatic heterocycles. The van der Waals surface area contributed by atoms with E-state index in [-0.39, 0.29) is 18.1 Å². The number of hydrogen-bond acceptors (Lipinski definition) is 3. The molecule has 2 rings (SSSR count). The Morgan fingerprint density at radius 1 is 1.24 bits per heavy atom. The summed E-state index contributed by atoms with van der Waals surface area (Å²) in [6.07, 6.45) is 3.02. The number of aryl methyl sites for hydroxylation is 1. The molecule has 0 aliphatic heterocycles. The molecule has 0 aliphatic carbocycles. The van der Waals surface area contributed by atoms with Crippen LogP contribution in [-0.2, 0) is 17.6 Å². The predicted molar refractivity (Wildman–Crippen MR) is 80.1 cm³/mol. The lowest BCUT2D eigenvalue weighted by atomic mass is 10.1. The Bertz CT molecular complexity index is 616. The van der Waals surface area contributed by atoms with Gasteiger partial charge in [0.25, 0.3) is 0 Å². The molecule has 0 saturated carbocycles. The van der Waals surface area contributed by atoms with Gasteiger partial charge in [0, 0.05) is 19.2 Å². The first-order chi connectivity index (χ1) is 10.1. The monoisotopic (exact) mass is 287 g/mol. The number of carbonyl (C=O) groups excluding carboxylic acids is 1. The fourth-order valence-electron chi connectivity index (χ4n) is 2.03. The predicted octanol–water partition coefficient (Wildman–Crippen LogP) is 2.09. The minimum atomic E-state index is -0.266. The van der Waals surface area contributed by atoms with Gasteiger partial charge in [0.2, 0.25) is 5.91 Å². The summed E-state index contributed by atoms with van der Waals surface area (Å²) in [6, 6.07) is 10.2. The van der Waals surface area contributed by atoms with Crippen LogP contribution in [0.5, 0.6) is 0 Å². The summed E-state index contributed by atoms with van der Waals surface area (Å²) < 4.78 is 13.4. The molecule has 0 unspecified atom stereocenters. The van der Waals surface area contributed by atoms with E-state index in [1.54, 1.807) is 30.5 Å². The Kier molecular flexibility index (Phi) is 5.26. The number of carbonyl (C=O) groups is 1. The zero-order chi connectivity index (χ0) is 15.1. The molecule has 1 aromatic carbocycles. The average Bonchev–Trinajstić information content (AvgIpc) is 2.46. The van der Waals surface area contributed by atoms with Gasteiger partial charge in [-0.2, -0.15) is 0 Å². The van der Waals surface area contributed by atoms with E-state index in [2.05, 4.69) is 10.3 Å². The SMILES string of the molecule is Nc1cc(CCNC(=O)CCc2ccccc2F)ccn1. The molecule has 0 atom stereocenters. The van der Waals surface area contributed by atoms with Gasteiger partial charge in [0.15, 0.2) is 0 Å². The first-order valence-corrected chi connectivity index (χ1v) is 6.85. The molecule has 110 valence electrons. The molecular formula is C16H18FN3O. The van der Waals surface area contributed by atoms with Crippen LogP contribution >= 0.6 is 0 Å². The van der Waals surface area contributed by atoms with Crippen LogP contribution in [0.3, 0.4) is 0 Å². The number of rotatable bonds is 6. The first kappa shape index (κ1) is 15.0. The highest BCUT2D eigenvalue weighted by molar-refractivity contribution is 5.76. The molecule has 0 radical (unpaired) electrons. The highest BCUT2D eigenvalue weighted by atomic mass is 19.1. The molecule has 0 spiro atoms. The van der Waals surface area contributed by atoms with Crippen molar-refractivity contribution in [2.45, 2.75) is 19.3 Å². The molecule has 0 fully saturated rings. The van der Waals surface area contributed by atoms with Crippen molar-refractivity contribution < 1.29 is 9.18 Å². The summed E-state index contributed by atoms with van der Waals surface area (Å²) in [6.45, 7) is 0.527. The lowest BCUT2D eigenvalue weighted by Gasteiger charge is -2.06. The quantitative estimate of drug-likeness (QED) is 0.855. The molecular weight excluding hydrogens is 269 g/mol. The highest BCUT2D eigenvalue weighted by Gasteiger charge is 2.05. The number of pyridine rings is 1. The normalized spacial score (nSPS) is 10.3. The topological polar surface area (TPSA) is 68.0 Å². The van der Waals surface area contributed by atoms with Crippen molar-refractivity contribution in [1.82, 2.24) is 10.3 Å². The first-order valence-electron chi connectivity index (χ1n) is 6.85. The van der Waals surface area contributed by atoms with Gasteiger partial charge in [-0.1, -0.05) is 18.2 Å². The smallest absolute Gasteiger partial charge is 0.220 e. The summed E-state index contributed by atoms with van der Waals surface area (Å²) in [5.74, 6) is 0.122. The molecule has 5 heteroatoms. The fraction of sp³-hybridized carbons (Fsp3) is 0.250. The molecule has 21 heavy (non-hydrogen) atoms. The average molecular weight is 287 g/mol. The summed E-state index contributed by atoms with van der Waals surface area (Å²) in [5.41, 5.74) is 7.17. The van der Waals surface area contributed by atoms with Crippen molar-refractivity contribution >= 4 is 11.7 Å². The number of amides is 1. The molecule has 1 amide bonds. The summed E-state index contributed by atoms with van der Waals surface area (Å²) in [4.78, 5) is 15.6. The number of nitrogens with two attached hydrogens (primary N) is 1. The maximum atomic E-state index is 13.4. The van der Waals surface area contributed by atoms with Crippen molar-refractivity contribution in [3.05, 3.63) is 59.5 Å². The third-order valence-electron chi connectivity index (χ3n) is 3.16. The van der Waals surface area contributed by atoms with Gasteiger partial charge in [-0.3, -0.25) is 4.79 Å². The van der Waals surface area contributed by atoms with Gasteiger partial charge in [0.1, 0.15) is 11.6 Å². The molecule has 0 saturated heterocycles. The Labute approximate surface area is 123 Å². The van der Waals surface area contributed by atoms with Crippen LogP contribution in [0.25, 0.3) is 0 Å². The Morgan fingerprint density at radius 3 is 2.81 bits per heavy atom. The Morgan fingerprint density at radius 2 is 2.05 bits per heavy atom. The molecule has 4 nitrogen and oxygen atoms in total. The van der Waals surface area contributed by atoms with E-state index < -0.39 is 0 Å². The van der Waals surface area contributed by atoms with Crippen molar-refractivity contribution in [2.24, 2.45) is 0 Å². The van der Waals surface area contributed by atoms with Crippen molar-refractivity contribution in [1.29, 1.82) is 0 Å². The second kappa shape index (κ2) is 7.38. The van der Waals surface area contributed by atoms with Crippen LogP contribution in [0.1, 0.15) is 17.5 Å². The van der Waals surface area contributed by atoms with Gasteiger partial charge in [0.05, 0.1) is 0 Å². The number of halogens is 1. The van der Waals surface area contributed by atoms with Gasteiger partial charge < -0.3 is 11.1 Å². The van der Waals surface area contributed by atoms with E-state index >= 15 is 0 Å². The van der Waals surface area contributed by atoms with Gasteiger partial charge >= 0.3 is 0 Å². The van der Waals surface area contributed by atoms with E-state index in [4.69, 9.17) is 5.73 Å². The number of benzene rings is 1. The minimum absolute atomic E-state index is 0.0831. The van der Waals surface area contributed by atoms with Crippen molar-refractivity contribution in [3.63, 3.8) is 0 Å². The van der Waals surface area contributed by atoms with E-state index in [1.165, 1.54) is 6.07 Å². The van der Waals surface area contributed by atoms with Gasteiger partial charge in [-0.15, -0.1) is 0 Å². The Hall–Kier alpha value is -2.43. The maximum absolute atomic E-state index is 13.4. The van der Waals surface area contributed by atoms with E-state index in [9.17, 15) is 9.18 Å². The molecule has 3 N–H and O–H groups in total. The lowest BCUT2D eigenvalue weighted by Crippen LogP contribution is -2.26. The van der Waals surface area contributed by atoms with E-state index in [0.717, 1.165) is 5.56 Å². The molecule has 1 heterocycles. The second-order valence-corrected chi connectivity index (χ2v) is 4.78. The van der Waals surface area contributed by atoms with E-state index in [0.29, 0.717) is 30.8 Å². The summed E-state index contributed by atoms with van der Waals surface area (Å²) >= 11 is 0. The van der Waals surface area contributed by atoms with Crippen LogP contribution in [0.2, 0.25) is 0 Å². The lowest BCUT2D eigenvalue weighted by molar-refractivity contribution is -0.121. The number of aromatic nitrogens is 1. The van der Waals surface area contributed by atoms with Crippen LogP contribution < -0.4 is 11.1 Å². The second-order valence-electron chi connectivity index (χ2n) is 4.78. The van der Waals surface area contributed by atoms with Gasteiger partial charge in [-0.25, -0.2) is 9.37 Å². The number of anilines is 1. The van der Waals surface area contributed by atoms with Crippen LogP contribution in [0.15, 0.2) is 42.6 Å². The van der Waals surface area contributed by atoms with Crippen molar-refractivity contribution in [2.75, 3.05) is 12.3 Å². The van der Waals surface area contributed by atoms with Crippen LogP contribution in [-0.4, -0.2) is 17.4 Å². The third kappa shape index (κ3) is 4.87. The highest BCUT2D eigenvalue weighted by Crippen LogP contribution is 2.08. The number of nitrogen functional groups attached to an aromatic ring is 1. The largest absolute Gasteiger partial charge is 0.384 e. The van der Waals surface area contributed by atoms with Gasteiger partial charge in [-0.05, 0) is 42.2 Å². The Balaban J connectivity index is 1.72. The summed E-state index contributed by atoms with van der Waals surface area (Å²) in [5, 5.41) is 2.82. The number of nitrogens with one attached hydrogen (secondary N) is 1. The maximum Gasteiger partial charge on any atom is 0.220 e. The third-order valence-corrected chi connectivity index (χ3v) is 3.16. The zero-order valence-corrected chi connectivity index (χ0v) is 11.7. The van der Waals surface area contributed by atoms with Crippen LogP contribution in [0, 0.1) is 5.82 Å². The molecule has 0 aliphatic rings. The summed E-state index contributed by atoms with van der Waals surface area (Å²) in [7, 11) is 0.